The third-order valence-electron chi connectivity index (χ3n) is 5.23. The Hall–Kier alpha value is -2.03. The van der Waals surface area contributed by atoms with Gasteiger partial charge in [-0.3, -0.25) is 4.79 Å². The second kappa shape index (κ2) is 9.41. The summed E-state index contributed by atoms with van der Waals surface area (Å²) in [4.78, 5) is 13.1. The fourth-order valence-corrected chi connectivity index (χ4v) is 5.33. The molecule has 30 heavy (non-hydrogen) atoms. The van der Waals surface area contributed by atoms with Crippen molar-refractivity contribution in [3.05, 3.63) is 47.5 Å². The Morgan fingerprint density at radius 2 is 1.97 bits per heavy atom. The number of sulfonamides is 1. The van der Waals surface area contributed by atoms with Gasteiger partial charge >= 0.3 is 0 Å². The zero-order chi connectivity index (χ0) is 21.9. The second-order valence-corrected chi connectivity index (χ2v) is 10.2. The summed E-state index contributed by atoms with van der Waals surface area (Å²) in [7, 11) is -2.14. The first kappa shape index (κ1) is 22.7. The summed E-state index contributed by atoms with van der Waals surface area (Å²) in [6, 6.07) is 10.3. The number of thioether (sulfide) groups is 1. The van der Waals surface area contributed by atoms with Gasteiger partial charge in [-0.15, -0.1) is 11.8 Å². The molecule has 8 heteroatoms. The van der Waals surface area contributed by atoms with E-state index in [-0.39, 0.29) is 22.8 Å². The van der Waals surface area contributed by atoms with E-state index in [0.29, 0.717) is 5.69 Å². The average molecular weight is 449 g/mol. The van der Waals surface area contributed by atoms with Crippen LogP contribution in [0.15, 0.2) is 46.2 Å². The highest BCUT2D eigenvalue weighted by atomic mass is 32.2. The molecule has 3 rings (SSSR count). The number of aryl methyl sites for hydroxylation is 1. The highest BCUT2D eigenvalue weighted by Crippen LogP contribution is 2.34. The van der Waals surface area contributed by atoms with Crippen LogP contribution in [-0.4, -0.2) is 27.7 Å². The highest BCUT2D eigenvalue weighted by molar-refractivity contribution is 7.98. The number of methoxy groups -OCH3 is 1. The van der Waals surface area contributed by atoms with Gasteiger partial charge in [0.25, 0.3) is 0 Å². The molecule has 0 aromatic heterocycles. The smallest absolute Gasteiger partial charge is 0.241 e. The van der Waals surface area contributed by atoms with Crippen molar-refractivity contribution >= 4 is 33.4 Å². The van der Waals surface area contributed by atoms with Crippen molar-refractivity contribution in [1.82, 2.24) is 4.72 Å². The van der Waals surface area contributed by atoms with Crippen molar-refractivity contribution < 1.29 is 17.9 Å². The number of nitrogens with one attached hydrogen (secondary N) is 2. The first-order valence-electron chi connectivity index (χ1n) is 9.93. The molecule has 1 amide bonds. The zero-order valence-electron chi connectivity index (χ0n) is 17.7. The van der Waals surface area contributed by atoms with Crippen LogP contribution in [0.1, 0.15) is 43.9 Å². The quantitative estimate of drug-likeness (QED) is 0.615. The molecule has 0 heterocycles. The van der Waals surface area contributed by atoms with Crippen molar-refractivity contribution in [3.63, 3.8) is 0 Å². The lowest BCUT2D eigenvalue weighted by Gasteiger charge is -2.26. The molecule has 6 nitrogen and oxygen atoms in total. The zero-order valence-corrected chi connectivity index (χ0v) is 19.3. The lowest BCUT2D eigenvalue weighted by Crippen LogP contribution is -2.31. The van der Waals surface area contributed by atoms with Gasteiger partial charge in [0.1, 0.15) is 5.75 Å². The molecule has 1 atom stereocenters. The summed E-state index contributed by atoms with van der Waals surface area (Å²) in [5.41, 5.74) is 2.61. The predicted molar refractivity (Wildman–Crippen MR) is 121 cm³/mol. The van der Waals surface area contributed by atoms with Crippen molar-refractivity contribution in [2.45, 2.75) is 48.9 Å². The molecule has 0 spiro atoms. The van der Waals surface area contributed by atoms with Crippen LogP contribution in [0, 0.1) is 5.92 Å². The van der Waals surface area contributed by atoms with Crippen LogP contribution in [0.25, 0.3) is 0 Å². The van der Waals surface area contributed by atoms with Crippen LogP contribution in [0.3, 0.4) is 0 Å². The van der Waals surface area contributed by atoms with Gasteiger partial charge in [0.2, 0.25) is 15.9 Å². The fraction of sp³-hybridized carbons (Fsp3) is 0.409. The maximum Gasteiger partial charge on any atom is 0.241 e. The SMILES string of the molecule is COc1ccc2c(c1)CCC[C@H]2NS(=O)(=O)c1ccc(SC)c(NC(=O)C(C)C)c1. The van der Waals surface area contributed by atoms with E-state index in [1.54, 1.807) is 33.1 Å². The molecule has 0 fully saturated rings. The fourth-order valence-electron chi connectivity index (χ4n) is 3.52. The number of amides is 1. The number of carbonyl (C=O) groups excluding carboxylic acids is 1. The monoisotopic (exact) mass is 448 g/mol. The van der Waals surface area contributed by atoms with Crippen LogP contribution in [0.5, 0.6) is 5.75 Å². The van der Waals surface area contributed by atoms with Crippen molar-refractivity contribution in [2.24, 2.45) is 5.92 Å². The van der Waals surface area contributed by atoms with Crippen LogP contribution >= 0.6 is 11.8 Å². The summed E-state index contributed by atoms with van der Waals surface area (Å²) in [5, 5.41) is 2.84. The number of benzene rings is 2. The van der Waals surface area contributed by atoms with Crippen LogP contribution < -0.4 is 14.8 Å². The molecule has 0 saturated heterocycles. The lowest BCUT2D eigenvalue weighted by molar-refractivity contribution is -0.118. The minimum Gasteiger partial charge on any atom is -0.497 e. The van der Waals surface area contributed by atoms with Gasteiger partial charge in [0.05, 0.1) is 17.7 Å². The first-order valence-corrected chi connectivity index (χ1v) is 12.6. The van der Waals surface area contributed by atoms with Crippen molar-refractivity contribution in [1.29, 1.82) is 0 Å². The molecule has 0 radical (unpaired) electrons. The van der Waals surface area contributed by atoms with Crippen LogP contribution in [-0.2, 0) is 21.2 Å². The third kappa shape index (κ3) is 4.99. The maximum atomic E-state index is 13.1. The molecule has 0 bridgehead atoms. The molecule has 2 aromatic rings. The summed E-state index contributed by atoms with van der Waals surface area (Å²) < 4.78 is 34.5. The predicted octanol–water partition coefficient (Wildman–Crippen LogP) is 4.37. The Morgan fingerprint density at radius 3 is 2.63 bits per heavy atom. The lowest BCUT2D eigenvalue weighted by atomic mass is 9.88. The summed E-state index contributed by atoms with van der Waals surface area (Å²) in [5.74, 6) is 0.423. The van der Waals surface area contributed by atoms with Gasteiger partial charge < -0.3 is 10.1 Å². The number of carbonyl (C=O) groups is 1. The van der Waals surface area contributed by atoms with Gasteiger partial charge in [-0.05, 0) is 67.0 Å². The van der Waals surface area contributed by atoms with Crippen molar-refractivity contribution in [2.75, 3.05) is 18.7 Å². The Labute approximate surface area is 182 Å². The molecule has 162 valence electrons. The Balaban J connectivity index is 1.89. The highest BCUT2D eigenvalue weighted by Gasteiger charge is 2.27. The molecular formula is C22H28N2O4S2. The average Bonchev–Trinajstić information content (AvgIpc) is 2.73. The Kier molecular flexibility index (Phi) is 7.10. The minimum absolute atomic E-state index is 0.139. The normalized spacial score (nSPS) is 16.2. The van der Waals surface area contributed by atoms with E-state index in [2.05, 4.69) is 10.0 Å². The van der Waals surface area contributed by atoms with Gasteiger partial charge in [0, 0.05) is 16.9 Å². The molecule has 1 aliphatic carbocycles. The van der Waals surface area contributed by atoms with E-state index in [4.69, 9.17) is 4.74 Å². The van der Waals surface area contributed by atoms with Crippen LogP contribution in [0.4, 0.5) is 5.69 Å². The molecule has 2 aromatic carbocycles. The second-order valence-electron chi connectivity index (χ2n) is 7.64. The number of ether oxygens (including phenoxy) is 1. The van der Waals surface area contributed by atoms with E-state index in [0.717, 1.165) is 41.0 Å². The van der Waals surface area contributed by atoms with Crippen LogP contribution in [0.2, 0.25) is 0 Å². The van der Waals surface area contributed by atoms with Gasteiger partial charge in [0.15, 0.2) is 0 Å². The van der Waals surface area contributed by atoms with Crippen molar-refractivity contribution in [3.8, 4) is 5.75 Å². The standard InChI is InChI=1S/C22H28N2O4S2/c1-14(2)22(25)23-20-13-17(9-11-21(20)29-4)30(26,27)24-19-7-5-6-15-12-16(28-3)8-10-18(15)19/h8-14,19,24H,5-7H2,1-4H3,(H,23,25)/t19-/m1/s1. The molecular weight excluding hydrogens is 420 g/mol. The molecule has 2 N–H and O–H groups in total. The van der Waals surface area contributed by atoms with E-state index >= 15 is 0 Å². The number of fused-ring (bicyclic) bond motifs is 1. The number of hydrogen-bond donors (Lipinski definition) is 2. The van der Waals surface area contributed by atoms with E-state index < -0.39 is 10.0 Å². The van der Waals surface area contributed by atoms with Gasteiger partial charge in [-0.1, -0.05) is 19.9 Å². The number of hydrogen-bond acceptors (Lipinski definition) is 5. The Morgan fingerprint density at radius 1 is 1.20 bits per heavy atom. The molecule has 0 saturated carbocycles. The topological polar surface area (TPSA) is 84.5 Å². The molecule has 0 aliphatic heterocycles. The van der Waals surface area contributed by atoms with E-state index in [1.165, 1.54) is 17.8 Å². The number of anilines is 1. The van der Waals surface area contributed by atoms with E-state index in [1.807, 2.05) is 24.5 Å². The largest absolute Gasteiger partial charge is 0.497 e. The maximum absolute atomic E-state index is 13.1. The van der Waals surface area contributed by atoms with E-state index in [9.17, 15) is 13.2 Å². The Bertz CT molecular complexity index is 1040. The summed E-state index contributed by atoms with van der Waals surface area (Å²) >= 11 is 1.46. The molecule has 0 unspecified atom stereocenters. The van der Waals surface area contributed by atoms with Gasteiger partial charge in [-0.25, -0.2) is 13.1 Å². The third-order valence-corrected chi connectivity index (χ3v) is 7.49. The summed E-state index contributed by atoms with van der Waals surface area (Å²) in [6.07, 6.45) is 4.42. The molecule has 1 aliphatic rings. The minimum atomic E-state index is -3.76. The van der Waals surface area contributed by atoms with Gasteiger partial charge in [-0.2, -0.15) is 0 Å². The number of rotatable bonds is 7. The summed E-state index contributed by atoms with van der Waals surface area (Å²) in [6.45, 7) is 3.59. The first-order chi connectivity index (χ1) is 14.2.